The first-order valence-electron chi connectivity index (χ1n) is 0.928. The first-order valence-corrected chi connectivity index (χ1v) is 0.928. The summed E-state index contributed by atoms with van der Waals surface area (Å²) in [6, 6.07) is 0. The predicted octanol–water partition coefficient (Wildman–Crippen LogP) is -1.56. The van der Waals surface area contributed by atoms with Crippen molar-refractivity contribution in [1.29, 1.82) is 0 Å². The van der Waals surface area contributed by atoms with Gasteiger partial charge in [-0.15, -0.1) is 0 Å². The van der Waals surface area contributed by atoms with Gasteiger partial charge in [0.1, 0.15) is 0 Å². The topological polar surface area (TPSA) is 100 Å². The molecule has 7 heavy (non-hydrogen) atoms. The summed E-state index contributed by atoms with van der Waals surface area (Å²) < 4.78 is 0. The average molecular weight is 199 g/mol. The Morgan fingerprint density at radius 2 is 1.43 bits per heavy atom. The molecule has 1 radical (unpaired) electrons. The summed E-state index contributed by atoms with van der Waals surface area (Å²) in [7, 11) is 0. The first-order chi connectivity index (χ1) is 1.73. The second-order valence-electron chi connectivity index (χ2n) is 0.519. The van der Waals surface area contributed by atoms with Gasteiger partial charge in [-0.25, -0.2) is 0 Å². The summed E-state index contributed by atoms with van der Waals surface area (Å²) in [5, 5.41) is 7.42. The normalized spacial score (nSPS) is 3.57. The molecule has 5 heteroatoms. The Labute approximate surface area is 53.9 Å². The summed E-state index contributed by atoms with van der Waals surface area (Å²) in [5.74, 6) is -0.833. The number of hydrogen-bond acceptors (Lipinski definition) is 1. The number of carbonyl (C=O) groups is 1. The molecule has 0 heterocycles. The molecule has 0 spiro atoms. The van der Waals surface area contributed by atoms with E-state index in [1.54, 1.807) is 0 Å². The molecule has 0 rings (SSSR count). The molecule has 0 aliphatic heterocycles. The second kappa shape index (κ2) is 16.6. The van der Waals surface area contributed by atoms with Crippen molar-refractivity contribution in [2.75, 3.05) is 0 Å². The summed E-state index contributed by atoms with van der Waals surface area (Å²) in [4.78, 5) is 9.00. The smallest absolute Gasteiger partial charge is 0.300 e. The van der Waals surface area contributed by atoms with Crippen LogP contribution in [0.3, 0.4) is 0 Å². The zero-order valence-electron chi connectivity index (χ0n) is 3.69. The van der Waals surface area contributed by atoms with Crippen molar-refractivity contribution in [3.8, 4) is 0 Å². The Balaban J connectivity index is -0.0000000150. The summed E-state index contributed by atoms with van der Waals surface area (Å²) in [6.45, 7) is 1.08. The van der Waals surface area contributed by atoms with Gasteiger partial charge in [-0.3, -0.25) is 4.79 Å². The van der Waals surface area contributed by atoms with Gasteiger partial charge in [0.25, 0.3) is 5.97 Å². The summed E-state index contributed by atoms with van der Waals surface area (Å²) in [6.07, 6.45) is 0. The van der Waals surface area contributed by atoms with Gasteiger partial charge in [0.15, 0.2) is 0 Å². The van der Waals surface area contributed by atoms with Crippen LogP contribution in [0.1, 0.15) is 6.92 Å². The van der Waals surface area contributed by atoms with Crippen molar-refractivity contribution in [1.82, 2.24) is 0 Å². The van der Waals surface area contributed by atoms with Crippen molar-refractivity contribution >= 4 is 5.97 Å². The number of carboxylic acids is 1. The minimum atomic E-state index is -0.833. The molecule has 0 aromatic heterocycles. The third-order valence-corrected chi connectivity index (χ3v) is 0. The molecule has 49 valence electrons. The van der Waals surface area contributed by atoms with E-state index in [4.69, 9.17) is 9.90 Å². The van der Waals surface area contributed by atoms with Gasteiger partial charge in [-0.2, -0.15) is 0 Å². The quantitative estimate of drug-likeness (QED) is 0.477. The van der Waals surface area contributed by atoms with Crippen LogP contribution in [0.2, 0.25) is 0 Å². The van der Waals surface area contributed by atoms with E-state index in [1.807, 2.05) is 0 Å². The van der Waals surface area contributed by atoms with Crippen LogP contribution in [0.4, 0.5) is 0 Å². The van der Waals surface area contributed by atoms with Crippen molar-refractivity contribution in [3.63, 3.8) is 0 Å². The Morgan fingerprint density at radius 3 is 1.43 bits per heavy atom. The van der Waals surface area contributed by atoms with Crippen LogP contribution in [0.5, 0.6) is 0 Å². The second-order valence-corrected chi connectivity index (χ2v) is 0.519. The van der Waals surface area contributed by atoms with Crippen LogP contribution in [0.15, 0.2) is 0 Å². The van der Waals surface area contributed by atoms with E-state index >= 15 is 0 Å². The third-order valence-electron chi connectivity index (χ3n) is 0. The van der Waals surface area contributed by atoms with Gasteiger partial charge in [-0.05, 0) is 0 Å². The first kappa shape index (κ1) is 27.9. The molecule has 0 aliphatic carbocycles. The maximum Gasteiger partial charge on any atom is 0.300 e. The van der Waals surface area contributed by atoms with E-state index in [9.17, 15) is 0 Å². The van der Waals surface area contributed by atoms with E-state index in [0.29, 0.717) is 0 Å². The third kappa shape index (κ3) is 541000. The Bertz CT molecular complexity index is 32.7. The number of carboxylic acid groups (broad SMARTS) is 1. The minimum Gasteiger partial charge on any atom is -0.481 e. The molecule has 0 atom stereocenters. The molecule has 0 bridgehead atoms. The van der Waals surface area contributed by atoms with E-state index in [1.165, 1.54) is 0 Å². The van der Waals surface area contributed by atoms with Gasteiger partial charge in [0.2, 0.25) is 0 Å². The fraction of sp³-hybridized carbons (Fsp3) is 0.500. The molecule has 0 saturated heterocycles. The predicted molar refractivity (Wildman–Crippen MR) is 20.5 cm³/mol. The molecule has 0 unspecified atom stereocenters. The SMILES string of the molecule is CC(=O)O.O.O.[Rh]. The molecular weight excluding hydrogens is 191 g/mol. The molecular formula is C2H8O4Rh. The molecule has 0 aromatic rings. The van der Waals surface area contributed by atoms with Crippen LogP contribution in [0.25, 0.3) is 0 Å². The van der Waals surface area contributed by atoms with E-state index in [0.717, 1.165) is 6.92 Å². The molecule has 0 saturated carbocycles. The van der Waals surface area contributed by atoms with E-state index in [2.05, 4.69) is 0 Å². The molecule has 0 fully saturated rings. The number of hydrogen-bond donors (Lipinski definition) is 1. The van der Waals surface area contributed by atoms with Crippen LogP contribution in [0, 0.1) is 0 Å². The Kier molecular flexibility index (Phi) is 66.4. The van der Waals surface area contributed by atoms with Crippen molar-refractivity contribution < 1.29 is 40.3 Å². The monoisotopic (exact) mass is 199 g/mol. The largest absolute Gasteiger partial charge is 0.481 e. The number of aliphatic carboxylic acids is 1. The van der Waals surface area contributed by atoms with Gasteiger partial charge in [-0.1, -0.05) is 0 Å². The van der Waals surface area contributed by atoms with Gasteiger partial charge < -0.3 is 16.1 Å². The van der Waals surface area contributed by atoms with Crippen molar-refractivity contribution in [3.05, 3.63) is 0 Å². The maximum absolute atomic E-state index is 9.00. The van der Waals surface area contributed by atoms with Crippen LogP contribution in [-0.4, -0.2) is 22.0 Å². The standard InChI is InChI=1S/C2H4O2.2H2O.Rh/c1-2(3)4;;;/h1H3,(H,3,4);2*1H2;. The van der Waals surface area contributed by atoms with Crippen molar-refractivity contribution in [2.24, 2.45) is 0 Å². The van der Waals surface area contributed by atoms with E-state index in [-0.39, 0.29) is 30.4 Å². The molecule has 0 amide bonds. The zero-order valence-corrected chi connectivity index (χ0v) is 5.33. The fourth-order valence-corrected chi connectivity index (χ4v) is 0. The summed E-state index contributed by atoms with van der Waals surface area (Å²) in [5.41, 5.74) is 0. The fourth-order valence-electron chi connectivity index (χ4n) is 0. The average Bonchev–Trinajstić information content (AvgIpc) is 0.811. The van der Waals surface area contributed by atoms with Crippen LogP contribution >= 0.6 is 0 Å². The van der Waals surface area contributed by atoms with Crippen molar-refractivity contribution in [2.45, 2.75) is 6.92 Å². The van der Waals surface area contributed by atoms with Crippen LogP contribution in [-0.2, 0) is 24.3 Å². The van der Waals surface area contributed by atoms with Gasteiger partial charge in [0, 0.05) is 26.4 Å². The Morgan fingerprint density at radius 1 is 1.43 bits per heavy atom. The van der Waals surface area contributed by atoms with Gasteiger partial charge >= 0.3 is 0 Å². The molecule has 5 N–H and O–H groups in total. The molecule has 0 aromatic carbocycles. The van der Waals surface area contributed by atoms with E-state index < -0.39 is 5.97 Å². The maximum atomic E-state index is 9.00. The number of rotatable bonds is 0. The Hall–Kier alpha value is 0.0134. The van der Waals surface area contributed by atoms with Gasteiger partial charge in [0.05, 0.1) is 0 Å². The molecule has 0 aliphatic rings. The minimum absolute atomic E-state index is 0. The molecule has 4 nitrogen and oxygen atoms in total. The zero-order chi connectivity index (χ0) is 3.58. The summed E-state index contributed by atoms with van der Waals surface area (Å²) >= 11 is 0. The van der Waals surface area contributed by atoms with Crippen LogP contribution < -0.4 is 0 Å².